The molecule has 0 unspecified atom stereocenters. The number of methoxy groups -OCH3 is 2. The van der Waals surface area contributed by atoms with Crippen LogP contribution in [-0.2, 0) is 10.3 Å². The smallest absolute Gasteiger partial charge is 0.253 e. The van der Waals surface area contributed by atoms with E-state index in [1.165, 1.54) is 0 Å². The molecule has 178 valence electrons. The van der Waals surface area contributed by atoms with E-state index >= 15 is 0 Å². The van der Waals surface area contributed by atoms with E-state index in [2.05, 4.69) is 29.0 Å². The molecule has 1 spiro atoms. The number of aromatic nitrogens is 1. The summed E-state index contributed by atoms with van der Waals surface area (Å²) >= 11 is 0. The number of nitrogens with zero attached hydrogens (tertiary/aromatic N) is 2. The molecule has 3 aromatic rings. The van der Waals surface area contributed by atoms with Crippen LogP contribution in [0, 0.1) is 0 Å². The first-order chi connectivity index (χ1) is 16.5. The molecule has 0 N–H and O–H groups in total. The molecule has 1 saturated heterocycles. The molecule has 1 amide bonds. The van der Waals surface area contributed by atoms with Crippen LogP contribution in [0.25, 0.3) is 5.69 Å². The molecule has 2 aliphatic heterocycles. The number of carbonyl (C=O) groups excluding carboxylic acids is 1. The standard InChI is InChI=1S/C27H30N2O5/c1-19(18-31-2)33-23-11-10-20(17-24(23)32-3)26(30)28-15-12-27(13-16-28)25-9-6-14-29(25)21-7-4-5-8-22(21)34-27/h4-11,14,17,19H,12-13,15-16,18H2,1-3H3/t19-/m1/s1. The number of ether oxygens (including phenoxy) is 4. The summed E-state index contributed by atoms with van der Waals surface area (Å²) in [4.78, 5) is 15.2. The third kappa shape index (κ3) is 3.90. The summed E-state index contributed by atoms with van der Waals surface area (Å²) in [6.07, 6.45) is 3.41. The van der Waals surface area contributed by atoms with E-state index in [1.807, 2.05) is 30.0 Å². The Morgan fingerprint density at radius 3 is 2.62 bits per heavy atom. The van der Waals surface area contributed by atoms with Crippen LogP contribution in [0.1, 0.15) is 35.8 Å². The molecule has 7 nitrogen and oxygen atoms in total. The van der Waals surface area contributed by atoms with Crippen molar-refractivity contribution < 1.29 is 23.7 Å². The van der Waals surface area contributed by atoms with Gasteiger partial charge in [-0.3, -0.25) is 4.79 Å². The monoisotopic (exact) mass is 462 g/mol. The average molecular weight is 463 g/mol. The fraction of sp³-hybridized carbons (Fsp3) is 0.370. The fourth-order valence-corrected chi connectivity index (χ4v) is 4.96. The van der Waals surface area contributed by atoms with Gasteiger partial charge in [-0.25, -0.2) is 0 Å². The summed E-state index contributed by atoms with van der Waals surface area (Å²) in [6, 6.07) is 17.6. The van der Waals surface area contributed by atoms with E-state index in [-0.39, 0.29) is 12.0 Å². The number of fused-ring (bicyclic) bond motifs is 4. The Morgan fingerprint density at radius 1 is 1.06 bits per heavy atom. The summed E-state index contributed by atoms with van der Waals surface area (Å²) in [7, 11) is 3.21. The van der Waals surface area contributed by atoms with E-state index in [9.17, 15) is 4.79 Å². The number of piperidine rings is 1. The quantitative estimate of drug-likeness (QED) is 0.543. The first-order valence-corrected chi connectivity index (χ1v) is 11.6. The predicted octanol–water partition coefficient (Wildman–Crippen LogP) is 4.42. The minimum Gasteiger partial charge on any atom is -0.493 e. The van der Waals surface area contributed by atoms with Crippen molar-refractivity contribution in [3.8, 4) is 22.9 Å². The number of benzene rings is 2. The lowest BCUT2D eigenvalue weighted by Crippen LogP contribution is -2.50. The molecular weight excluding hydrogens is 432 g/mol. The van der Waals surface area contributed by atoms with Crippen molar-refractivity contribution in [1.29, 1.82) is 0 Å². The second-order valence-electron chi connectivity index (χ2n) is 8.87. The normalized spacial score (nSPS) is 16.9. The fourth-order valence-electron chi connectivity index (χ4n) is 4.96. The number of para-hydroxylation sites is 2. The molecule has 5 rings (SSSR count). The highest BCUT2D eigenvalue weighted by Crippen LogP contribution is 2.45. The van der Waals surface area contributed by atoms with Crippen LogP contribution in [0.5, 0.6) is 17.2 Å². The Bertz CT molecular complexity index is 1180. The lowest BCUT2D eigenvalue weighted by Gasteiger charge is -2.45. The van der Waals surface area contributed by atoms with Crippen molar-refractivity contribution in [1.82, 2.24) is 9.47 Å². The largest absolute Gasteiger partial charge is 0.493 e. The van der Waals surface area contributed by atoms with Crippen LogP contribution < -0.4 is 14.2 Å². The Kier molecular flexibility index (Phi) is 5.96. The van der Waals surface area contributed by atoms with Gasteiger partial charge in [0, 0.05) is 44.8 Å². The maximum Gasteiger partial charge on any atom is 0.253 e. The van der Waals surface area contributed by atoms with Crippen LogP contribution in [0.3, 0.4) is 0 Å². The van der Waals surface area contributed by atoms with Crippen molar-refractivity contribution in [3.05, 3.63) is 72.1 Å². The summed E-state index contributed by atoms with van der Waals surface area (Å²) in [5.74, 6) is 1.99. The average Bonchev–Trinajstić information content (AvgIpc) is 3.36. The summed E-state index contributed by atoms with van der Waals surface area (Å²) < 4.78 is 25.3. The molecule has 1 aromatic heterocycles. The van der Waals surface area contributed by atoms with Crippen LogP contribution in [0.2, 0.25) is 0 Å². The van der Waals surface area contributed by atoms with Crippen LogP contribution in [-0.4, -0.2) is 55.4 Å². The van der Waals surface area contributed by atoms with Gasteiger partial charge in [0.15, 0.2) is 17.1 Å². The molecule has 0 radical (unpaired) electrons. The Balaban J connectivity index is 1.32. The lowest BCUT2D eigenvalue weighted by atomic mass is 9.86. The van der Waals surface area contributed by atoms with Gasteiger partial charge >= 0.3 is 0 Å². The summed E-state index contributed by atoms with van der Waals surface area (Å²) in [5.41, 5.74) is 2.35. The van der Waals surface area contributed by atoms with Crippen LogP contribution in [0.15, 0.2) is 60.8 Å². The van der Waals surface area contributed by atoms with Gasteiger partial charge in [-0.1, -0.05) is 12.1 Å². The molecule has 34 heavy (non-hydrogen) atoms. The molecule has 7 heteroatoms. The van der Waals surface area contributed by atoms with E-state index in [1.54, 1.807) is 32.4 Å². The van der Waals surface area contributed by atoms with Gasteiger partial charge in [-0.05, 0) is 49.4 Å². The number of likely N-dealkylation sites (tertiary alicyclic amines) is 1. The van der Waals surface area contributed by atoms with Gasteiger partial charge in [0.1, 0.15) is 11.9 Å². The molecule has 2 aliphatic rings. The minimum atomic E-state index is -0.429. The number of amides is 1. The topological polar surface area (TPSA) is 62.2 Å². The summed E-state index contributed by atoms with van der Waals surface area (Å²) in [5, 5.41) is 0. The molecular formula is C27H30N2O5. The van der Waals surface area contributed by atoms with Gasteiger partial charge in [0.2, 0.25) is 0 Å². The highest BCUT2D eigenvalue weighted by atomic mass is 16.5. The summed E-state index contributed by atoms with van der Waals surface area (Å²) in [6.45, 7) is 3.61. The molecule has 1 atom stereocenters. The van der Waals surface area contributed by atoms with Gasteiger partial charge in [-0.15, -0.1) is 0 Å². The van der Waals surface area contributed by atoms with Crippen LogP contribution in [0.4, 0.5) is 0 Å². The first-order valence-electron chi connectivity index (χ1n) is 11.6. The van der Waals surface area contributed by atoms with Crippen molar-refractivity contribution in [3.63, 3.8) is 0 Å². The number of hydrogen-bond acceptors (Lipinski definition) is 5. The van der Waals surface area contributed by atoms with Crippen molar-refractivity contribution >= 4 is 5.91 Å². The van der Waals surface area contributed by atoms with Gasteiger partial charge in [-0.2, -0.15) is 0 Å². The van der Waals surface area contributed by atoms with E-state index in [0.29, 0.717) is 36.8 Å². The van der Waals surface area contributed by atoms with Crippen molar-refractivity contribution in [2.75, 3.05) is 33.9 Å². The zero-order chi connectivity index (χ0) is 23.7. The number of hydrogen-bond donors (Lipinski definition) is 0. The second kappa shape index (κ2) is 9.06. The predicted molar refractivity (Wildman–Crippen MR) is 128 cm³/mol. The van der Waals surface area contributed by atoms with Gasteiger partial charge < -0.3 is 28.4 Å². The molecule has 3 heterocycles. The van der Waals surface area contributed by atoms with E-state index in [4.69, 9.17) is 18.9 Å². The van der Waals surface area contributed by atoms with Gasteiger partial charge in [0.05, 0.1) is 25.1 Å². The molecule has 0 saturated carbocycles. The highest BCUT2D eigenvalue weighted by Gasteiger charge is 2.44. The lowest BCUT2D eigenvalue weighted by molar-refractivity contribution is -0.00931. The zero-order valence-corrected chi connectivity index (χ0v) is 19.8. The molecule has 2 aromatic carbocycles. The zero-order valence-electron chi connectivity index (χ0n) is 19.8. The maximum absolute atomic E-state index is 13.3. The third-order valence-electron chi connectivity index (χ3n) is 6.64. The van der Waals surface area contributed by atoms with E-state index in [0.717, 1.165) is 30.0 Å². The third-order valence-corrected chi connectivity index (χ3v) is 6.64. The molecule has 0 bridgehead atoms. The van der Waals surface area contributed by atoms with Crippen molar-refractivity contribution in [2.24, 2.45) is 0 Å². The second-order valence-corrected chi connectivity index (χ2v) is 8.87. The number of carbonyl (C=O) groups is 1. The van der Waals surface area contributed by atoms with Gasteiger partial charge in [0.25, 0.3) is 5.91 Å². The Morgan fingerprint density at radius 2 is 1.85 bits per heavy atom. The Hall–Kier alpha value is -3.45. The van der Waals surface area contributed by atoms with Crippen molar-refractivity contribution in [2.45, 2.75) is 31.5 Å². The maximum atomic E-state index is 13.3. The minimum absolute atomic E-state index is 0.0174. The van der Waals surface area contributed by atoms with E-state index < -0.39 is 5.60 Å². The Labute approximate surface area is 199 Å². The molecule has 0 aliphatic carbocycles. The number of rotatable bonds is 6. The highest BCUT2D eigenvalue weighted by molar-refractivity contribution is 5.95. The SMILES string of the molecule is COC[C@@H](C)Oc1ccc(C(=O)N2CCC3(CC2)Oc2ccccc2-n2cccc23)cc1OC. The molecule has 1 fully saturated rings. The van der Waals surface area contributed by atoms with Crippen LogP contribution >= 0.6 is 0 Å². The first kappa shape index (κ1) is 22.3.